The number of benzene rings is 8. The van der Waals surface area contributed by atoms with E-state index in [1.54, 1.807) is 0 Å². The van der Waals surface area contributed by atoms with E-state index in [1.807, 2.05) is 58.0 Å². The predicted molar refractivity (Wildman–Crippen MR) is 304 cm³/mol. The lowest BCUT2D eigenvalue weighted by Gasteiger charge is -2.16. The molecule has 2 unspecified atom stereocenters. The molecule has 0 bridgehead atoms. The van der Waals surface area contributed by atoms with E-state index in [4.69, 9.17) is 9.15 Å². The SMILES string of the molecule is CC.CC.CC1=C(c2ccc(-c3cccc(-c4ccccc4C)c3)cc2C)C=CCC1.Cc1cccc2c1C1C=CC=CC1O2.Cc1cccc2ccccc12.Cc1cccc2oc3ccccc3c12. The second kappa shape index (κ2) is 24.2. The maximum absolute atomic E-state index is 5.85. The Morgan fingerprint density at radius 3 is 1.86 bits per heavy atom. The van der Waals surface area contributed by atoms with Gasteiger partial charge in [0, 0.05) is 22.3 Å². The topological polar surface area (TPSA) is 22.4 Å². The molecule has 0 spiro atoms. The van der Waals surface area contributed by atoms with Crippen LogP contribution >= 0.6 is 0 Å². The molecule has 0 fully saturated rings. The Labute approximate surface area is 418 Å². The number of fused-ring (bicyclic) bond motifs is 7. The molecular formula is C68H70O2. The maximum atomic E-state index is 5.85. The zero-order chi connectivity index (χ0) is 49.6. The molecule has 3 aliphatic rings. The highest BCUT2D eigenvalue weighted by Crippen LogP contribution is 2.43. The van der Waals surface area contributed by atoms with E-state index in [0.29, 0.717) is 5.92 Å². The van der Waals surface area contributed by atoms with Gasteiger partial charge in [0.1, 0.15) is 23.0 Å². The first-order valence-electron chi connectivity index (χ1n) is 25.3. The minimum Gasteiger partial charge on any atom is -0.485 e. The van der Waals surface area contributed by atoms with Crippen LogP contribution in [0.15, 0.2) is 216 Å². The van der Waals surface area contributed by atoms with Crippen molar-refractivity contribution in [1.29, 1.82) is 0 Å². The van der Waals surface area contributed by atoms with Gasteiger partial charge in [-0.2, -0.15) is 0 Å². The fraction of sp³-hybridized carbons (Fsp3) is 0.206. The molecule has 70 heavy (non-hydrogen) atoms. The van der Waals surface area contributed by atoms with Gasteiger partial charge in [-0.1, -0.05) is 209 Å². The lowest BCUT2D eigenvalue weighted by Crippen LogP contribution is -2.15. The van der Waals surface area contributed by atoms with Crippen molar-refractivity contribution >= 4 is 38.3 Å². The third kappa shape index (κ3) is 11.5. The summed E-state index contributed by atoms with van der Waals surface area (Å²) in [5.74, 6) is 1.48. The summed E-state index contributed by atoms with van der Waals surface area (Å²) in [4.78, 5) is 0. The van der Waals surface area contributed by atoms with Gasteiger partial charge in [-0.25, -0.2) is 0 Å². The number of para-hydroxylation sites is 1. The molecule has 8 aromatic carbocycles. The summed E-state index contributed by atoms with van der Waals surface area (Å²) in [6.45, 7) is 21.1. The van der Waals surface area contributed by atoms with Gasteiger partial charge in [0.15, 0.2) is 0 Å². The monoisotopic (exact) mass is 919 g/mol. The second-order valence-corrected chi connectivity index (χ2v) is 17.8. The molecule has 2 nitrogen and oxygen atoms in total. The normalized spacial score (nSPS) is 14.8. The van der Waals surface area contributed by atoms with Crippen molar-refractivity contribution < 1.29 is 9.15 Å². The van der Waals surface area contributed by atoms with Crippen LogP contribution in [-0.2, 0) is 0 Å². The Balaban J connectivity index is 0.000000143. The zero-order valence-electron chi connectivity index (χ0n) is 43.0. The van der Waals surface area contributed by atoms with Crippen LogP contribution in [0, 0.1) is 34.6 Å². The number of hydrogen-bond donors (Lipinski definition) is 0. The number of ether oxygens (including phenoxy) is 1. The number of furan rings is 1. The van der Waals surface area contributed by atoms with E-state index < -0.39 is 0 Å². The van der Waals surface area contributed by atoms with Crippen molar-refractivity contribution in [3.05, 3.63) is 251 Å². The number of allylic oxidation sites excluding steroid dienone is 6. The highest BCUT2D eigenvalue weighted by Gasteiger charge is 2.32. The van der Waals surface area contributed by atoms with Crippen LogP contribution in [0.4, 0.5) is 0 Å². The molecule has 0 saturated heterocycles. The third-order valence-corrected chi connectivity index (χ3v) is 13.2. The first-order valence-corrected chi connectivity index (χ1v) is 25.3. The lowest BCUT2D eigenvalue weighted by molar-refractivity contribution is 0.269. The van der Waals surface area contributed by atoms with Crippen molar-refractivity contribution in [2.24, 2.45) is 0 Å². The van der Waals surface area contributed by atoms with Gasteiger partial charge in [-0.05, 0) is 157 Å². The van der Waals surface area contributed by atoms with Gasteiger partial charge in [-0.3, -0.25) is 0 Å². The first-order chi connectivity index (χ1) is 34.2. The van der Waals surface area contributed by atoms with Crippen molar-refractivity contribution in [3.63, 3.8) is 0 Å². The largest absolute Gasteiger partial charge is 0.485 e. The lowest BCUT2D eigenvalue weighted by atomic mass is 9.89. The Bertz CT molecular complexity index is 3310. The summed E-state index contributed by atoms with van der Waals surface area (Å²) in [7, 11) is 0. The average molecular weight is 919 g/mol. The molecule has 9 aromatic rings. The summed E-state index contributed by atoms with van der Waals surface area (Å²) < 4.78 is 11.6. The Kier molecular flexibility index (Phi) is 17.5. The fourth-order valence-electron chi connectivity index (χ4n) is 9.64. The molecule has 0 saturated carbocycles. The van der Waals surface area contributed by atoms with Crippen LogP contribution in [-0.4, -0.2) is 6.10 Å². The fourth-order valence-corrected chi connectivity index (χ4v) is 9.64. The highest BCUT2D eigenvalue weighted by molar-refractivity contribution is 6.06. The van der Waals surface area contributed by atoms with Gasteiger partial charge in [0.05, 0.1) is 0 Å². The molecule has 2 atom stereocenters. The van der Waals surface area contributed by atoms with E-state index in [9.17, 15) is 0 Å². The molecule has 12 rings (SSSR count). The number of rotatable bonds is 3. The van der Waals surface area contributed by atoms with Crippen molar-refractivity contribution in [1.82, 2.24) is 0 Å². The van der Waals surface area contributed by atoms with Crippen LogP contribution in [0.25, 0.3) is 60.5 Å². The van der Waals surface area contributed by atoms with E-state index >= 15 is 0 Å². The number of hydrogen-bond acceptors (Lipinski definition) is 2. The first kappa shape index (κ1) is 50.5. The molecule has 1 aliphatic heterocycles. The van der Waals surface area contributed by atoms with Crippen LogP contribution < -0.4 is 4.74 Å². The van der Waals surface area contributed by atoms with Crippen molar-refractivity contribution in [2.75, 3.05) is 0 Å². The molecule has 0 N–H and O–H groups in total. The van der Waals surface area contributed by atoms with Gasteiger partial charge in [0.2, 0.25) is 0 Å². The van der Waals surface area contributed by atoms with Crippen LogP contribution in [0.3, 0.4) is 0 Å². The third-order valence-electron chi connectivity index (χ3n) is 13.2. The van der Waals surface area contributed by atoms with Gasteiger partial charge in [0.25, 0.3) is 0 Å². The molecule has 0 amide bonds. The van der Waals surface area contributed by atoms with Gasteiger partial charge in [-0.15, -0.1) is 0 Å². The summed E-state index contributed by atoms with van der Waals surface area (Å²) in [6.07, 6.45) is 15.7. The minimum atomic E-state index is 0.219. The summed E-state index contributed by atoms with van der Waals surface area (Å²) in [5, 5.41) is 5.13. The molecule has 354 valence electrons. The van der Waals surface area contributed by atoms with E-state index in [0.717, 1.165) is 23.3 Å². The van der Waals surface area contributed by atoms with Gasteiger partial charge < -0.3 is 9.15 Å². The average Bonchev–Trinajstić information content (AvgIpc) is 3.99. The predicted octanol–water partition coefficient (Wildman–Crippen LogP) is 19.8. The zero-order valence-corrected chi connectivity index (χ0v) is 43.0. The smallest absolute Gasteiger partial charge is 0.135 e. The standard InChI is InChI=1S/C27H26.C13H12O.C13H10O.C11H10.2C2H6/c1-19-9-4-6-13-25(19)24-12-8-11-22(18-24)23-15-16-27(21(3)17-23)26-14-7-5-10-20(26)2;2*1-9-5-4-8-12-13(9)10-6-2-3-7-11(10)14-12;1-9-5-4-7-10-6-2-3-8-11(9)10;2*1-2/h4,6-9,11-18H,5,10H2,1-3H3;2-8,10-11H,1H3;2-8H,1H3;2-8H,1H3;2*1-2H3. The molecular weight excluding hydrogens is 849 g/mol. The Morgan fingerprint density at radius 2 is 1.07 bits per heavy atom. The molecule has 2 aliphatic carbocycles. The van der Waals surface area contributed by atoms with Crippen molar-refractivity contribution in [2.45, 2.75) is 94.1 Å². The quantitative estimate of drug-likeness (QED) is 0.176. The van der Waals surface area contributed by atoms with Crippen molar-refractivity contribution in [3.8, 4) is 28.0 Å². The molecule has 0 radical (unpaired) electrons. The number of aryl methyl sites for hydroxylation is 5. The minimum absolute atomic E-state index is 0.219. The van der Waals surface area contributed by atoms with Crippen LogP contribution in [0.2, 0.25) is 0 Å². The highest BCUT2D eigenvalue weighted by atomic mass is 16.5. The second-order valence-electron chi connectivity index (χ2n) is 17.8. The van der Waals surface area contributed by atoms with E-state index in [1.165, 1.54) is 100 Å². The summed E-state index contributed by atoms with van der Waals surface area (Å²) in [6, 6.07) is 59.8. The molecule has 2 heterocycles. The summed E-state index contributed by atoms with van der Waals surface area (Å²) >= 11 is 0. The van der Waals surface area contributed by atoms with Gasteiger partial charge >= 0.3 is 0 Å². The maximum Gasteiger partial charge on any atom is 0.135 e. The summed E-state index contributed by atoms with van der Waals surface area (Å²) in [5.41, 5.74) is 19.3. The Hall–Kier alpha value is -7.42. The van der Waals surface area contributed by atoms with Crippen LogP contribution in [0.1, 0.15) is 92.3 Å². The molecule has 2 heteroatoms. The van der Waals surface area contributed by atoms with E-state index in [-0.39, 0.29) is 6.10 Å². The van der Waals surface area contributed by atoms with E-state index in [2.05, 4.69) is 218 Å². The Morgan fingerprint density at radius 1 is 0.457 bits per heavy atom. The van der Waals surface area contributed by atoms with Crippen LogP contribution in [0.5, 0.6) is 5.75 Å². The molecule has 1 aromatic heterocycles.